The molecule has 0 radical (unpaired) electrons. The summed E-state index contributed by atoms with van der Waals surface area (Å²) in [5.41, 5.74) is 1.96. The first kappa shape index (κ1) is 14.3. The van der Waals surface area contributed by atoms with E-state index in [1.54, 1.807) is 6.07 Å². The molecule has 0 saturated carbocycles. The summed E-state index contributed by atoms with van der Waals surface area (Å²) in [6.07, 6.45) is 2.93. The van der Waals surface area contributed by atoms with Gasteiger partial charge >= 0.3 is 0 Å². The van der Waals surface area contributed by atoms with Crippen molar-refractivity contribution in [3.05, 3.63) is 54.0 Å². The van der Waals surface area contributed by atoms with Gasteiger partial charge in [-0.05, 0) is 36.2 Å². The highest BCUT2D eigenvalue weighted by atomic mass is 19.1. The number of nitrogens with zero attached hydrogens (tertiary/aromatic N) is 2. The van der Waals surface area contributed by atoms with E-state index < -0.39 is 0 Å². The number of pyridine rings is 1. The second-order valence-corrected chi connectivity index (χ2v) is 4.81. The molecule has 0 fully saturated rings. The molecular weight excluding hydrogens is 253 g/mol. The summed E-state index contributed by atoms with van der Waals surface area (Å²) in [7, 11) is 1.94. The van der Waals surface area contributed by atoms with Gasteiger partial charge < -0.3 is 10.2 Å². The molecular formula is C16H20FN3. The molecule has 1 aromatic carbocycles. The SMILES string of the molecule is CCCNc1ccc(CN(C)c2cccc(F)c2)cn1. The van der Waals surface area contributed by atoms with Crippen molar-refractivity contribution >= 4 is 11.5 Å². The van der Waals surface area contributed by atoms with Gasteiger partial charge in [0, 0.05) is 32.0 Å². The van der Waals surface area contributed by atoms with Gasteiger partial charge in [0.25, 0.3) is 0 Å². The van der Waals surface area contributed by atoms with Crippen LogP contribution in [0.15, 0.2) is 42.6 Å². The monoisotopic (exact) mass is 273 g/mol. The van der Waals surface area contributed by atoms with Crippen LogP contribution in [-0.4, -0.2) is 18.6 Å². The second kappa shape index (κ2) is 6.89. The number of benzene rings is 1. The van der Waals surface area contributed by atoms with E-state index in [1.807, 2.05) is 36.3 Å². The fraction of sp³-hybridized carbons (Fsp3) is 0.312. The molecule has 2 rings (SSSR count). The molecule has 2 aromatic rings. The Morgan fingerprint density at radius 3 is 2.75 bits per heavy atom. The fourth-order valence-electron chi connectivity index (χ4n) is 1.95. The molecule has 1 heterocycles. The third-order valence-electron chi connectivity index (χ3n) is 3.05. The van der Waals surface area contributed by atoms with Crippen LogP contribution in [-0.2, 0) is 6.54 Å². The van der Waals surface area contributed by atoms with Gasteiger partial charge in [-0.15, -0.1) is 0 Å². The molecule has 0 unspecified atom stereocenters. The summed E-state index contributed by atoms with van der Waals surface area (Å²) in [6, 6.07) is 10.6. The highest BCUT2D eigenvalue weighted by Crippen LogP contribution is 2.16. The van der Waals surface area contributed by atoms with Crippen LogP contribution < -0.4 is 10.2 Å². The molecule has 1 aromatic heterocycles. The normalized spacial score (nSPS) is 10.3. The van der Waals surface area contributed by atoms with Crippen LogP contribution in [0, 0.1) is 5.82 Å². The molecule has 0 bridgehead atoms. The van der Waals surface area contributed by atoms with Gasteiger partial charge in [-0.1, -0.05) is 19.1 Å². The van der Waals surface area contributed by atoms with E-state index in [9.17, 15) is 4.39 Å². The van der Waals surface area contributed by atoms with Crippen molar-refractivity contribution in [1.29, 1.82) is 0 Å². The zero-order valence-corrected chi connectivity index (χ0v) is 11.9. The second-order valence-electron chi connectivity index (χ2n) is 4.81. The predicted octanol–water partition coefficient (Wildman–Crippen LogP) is 3.68. The average Bonchev–Trinajstić information content (AvgIpc) is 2.46. The first-order chi connectivity index (χ1) is 9.69. The maximum atomic E-state index is 13.2. The lowest BCUT2D eigenvalue weighted by Gasteiger charge is -2.19. The molecule has 20 heavy (non-hydrogen) atoms. The van der Waals surface area contributed by atoms with Crippen LogP contribution in [0.4, 0.5) is 15.9 Å². The van der Waals surface area contributed by atoms with Gasteiger partial charge in [0.05, 0.1) is 0 Å². The van der Waals surface area contributed by atoms with Gasteiger partial charge in [-0.25, -0.2) is 9.37 Å². The number of aromatic nitrogens is 1. The molecule has 0 aliphatic rings. The van der Waals surface area contributed by atoms with Gasteiger partial charge in [0.15, 0.2) is 0 Å². The van der Waals surface area contributed by atoms with Gasteiger partial charge in [0.1, 0.15) is 11.6 Å². The zero-order valence-electron chi connectivity index (χ0n) is 11.9. The molecule has 0 spiro atoms. The minimum atomic E-state index is -0.216. The molecule has 0 saturated heterocycles. The molecule has 0 aliphatic heterocycles. The van der Waals surface area contributed by atoms with E-state index in [0.29, 0.717) is 6.54 Å². The van der Waals surface area contributed by atoms with Crippen LogP contribution in [0.5, 0.6) is 0 Å². The van der Waals surface area contributed by atoms with Crippen molar-refractivity contribution in [2.24, 2.45) is 0 Å². The van der Waals surface area contributed by atoms with E-state index >= 15 is 0 Å². The smallest absolute Gasteiger partial charge is 0.125 e. The number of anilines is 2. The summed E-state index contributed by atoms with van der Waals surface area (Å²) in [5, 5.41) is 3.24. The van der Waals surface area contributed by atoms with Crippen LogP contribution >= 0.6 is 0 Å². The minimum absolute atomic E-state index is 0.216. The molecule has 1 N–H and O–H groups in total. The van der Waals surface area contributed by atoms with Crippen LogP contribution in [0.2, 0.25) is 0 Å². The molecule has 106 valence electrons. The first-order valence-corrected chi connectivity index (χ1v) is 6.84. The number of hydrogen-bond acceptors (Lipinski definition) is 3. The molecule has 0 atom stereocenters. The molecule has 4 heteroatoms. The third kappa shape index (κ3) is 3.95. The van der Waals surface area contributed by atoms with Crippen molar-refractivity contribution in [2.45, 2.75) is 19.9 Å². The van der Waals surface area contributed by atoms with Gasteiger partial charge in [-0.3, -0.25) is 0 Å². The van der Waals surface area contributed by atoms with E-state index in [2.05, 4.69) is 17.2 Å². The number of nitrogens with one attached hydrogen (secondary N) is 1. The Bertz CT molecular complexity index is 540. The van der Waals surface area contributed by atoms with Gasteiger partial charge in [0.2, 0.25) is 0 Å². The van der Waals surface area contributed by atoms with E-state index in [4.69, 9.17) is 0 Å². The molecule has 3 nitrogen and oxygen atoms in total. The third-order valence-corrected chi connectivity index (χ3v) is 3.05. The van der Waals surface area contributed by atoms with Crippen molar-refractivity contribution < 1.29 is 4.39 Å². The van der Waals surface area contributed by atoms with Crippen molar-refractivity contribution in [3.63, 3.8) is 0 Å². The van der Waals surface area contributed by atoms with Crippen LogP contribution in [0.25, 0.3) is 0 Å². The van der Waals surface area contributed by atoms with E-state index in [0.717, 1.165) is 30.0 Å². The number of rotatable bonds is 6. The number of hydrogen-bond donors (Lipinski definition) is 1. The topological polar surface area (TPSA) is 28.2 Å². The fourth-order valence-corrected chi connectivity index (χ4v) is 1.95. The highest BCUT2D eigenvalue weighted by Gasteiger charge is 2.04. The lowest BCUT2D eigenvalue weighted by molar-refractivity contribution is 0.627. The van der Waals surface area contributed by atoms with Crippen LogP contribution in [0.1, 0.15) is 18.9 Å². The Kier molecular flexibility index (Phi) is 4.93. The Hall–Kier alpha value is -2.10. The highest BCUT2D eigenvalue weighted by molar-refractivity contribution is 5.46. The van der Waals surface area contributed by atoms with Crippen LogP contribution in [0.3, 0.4) is 0 Å². The maximum Gasteiger partial charge on any atom is 0.125 e. The standard InChI is InChI=1S/C16H20FN3/c1-3-9-18-16-8-7-13(11-19-16)12-20(2)15-6-4-5-14(17)10-15/h4-8,10-11H,3,9,12H2,1-2H3,(H,18,19). The summed E-state index contributed by atoms with van der Waals surface area (Å²) < 4.78 is 13.2. The van der Waals surface area contributed by atoms with Crippen molar-refractivity contribution in [1.82, 2.24) is 4.98 Å². The maximum absolute atomic E-state index is 13.2. The largest absolute Gasteiger partial charge is 0.370 e. The Morgan fingerprint density at radius 2 is 2.10 bits per heavy atom. The molecule has 0 aliphatic carbocycles. The summed E-state index contributed by atoms with van der Waals surface area (Å²) in [6.45, 7) is 3.75. The average molecular weight is 273 g/mol. The van der Waals surface area contributed by atoms with E-state index in [-0.39, 0.29) is 5.82 Å². The van der Waals surface area contributed by atoms with Crippen molar-refractivity contribution in [2.75, 3.05) is 23.8 Å². The summed E-state index contributed by atoms with van der Waals surface area (Å²) >= 11 is 0. The minimum Gasteiger partial charge on any atom is -0.370 e. The quantitative estimate of drug-likeness (QED) is 0.870. The molecule has 0 amide bonds. The van der Waals surface area contributed by atoms with Gasteiger partial charge in [-0.2, -0.15) is 0 Å². The van der Waals surface area contributed by atoms with E-state index in [1.165, 1.54) is 12.1 Å². The Balaban J connectivity index is 1.99. The lowest BCUT2D eigenvalue weighted by atomic mass is 10.2. The summed E-state index contributed by atoms with van der Waals surface area (Å²) in [5.74, 6) is 0.676. The Morgan fingerprint density at radius 1 is 1.25 bits per heavy atom. The first-order valence-electron chi connectivity index (χ1n) is 6.84. The predicted molar refractivity (Wildman–Crippen MR) is 81.5 cm³/mol. The lowest BCUT2D eigenvalue weighted by Crippen LogP contribution is -2.16. The summed E-state index contributed by atoms with van der Waals surface area (Å²) in [4.78, 5) is 6.37. The Labute approximate surface area is 119 Å². The number of halogens is 1. The zero-order chi connectivity index (χ0) is 14.4. The van der Waals surface area contributed by atoms with Crippen molar-refractivity contribution in [3.8, 4) is 0 Å².